The van der Waals surface area contributed by atoms with Crippen LogP contribution in [0.15, 0.2) is 48.7 Å². The largest absolute Gasteiger partial charge is 0.357 e. The maximum atomic E-state index is 11.9. The third kappa shape index (κ3) is 5.57. The second-order valence-corrected chi connectivity index (χ2v) is 5.54. The molecule has 0 bridgehead atoms. The van der Waals surface area contributed by atoms with Crippen LogP contribution in [-0.2, 0) is 13.0 Å². The van der Waals surface area contributed by atoms with E-state index in [1.807, 2.05) is 30.3 Å². The highest BCUT2D eigenvalue weighted by atomic mass is 16.2. The van der Waals surface area contributed by atoms with Crippen molar-refractivity contribution in [2.75, 3.05) is 24.5 Å². The summed E-state index contributed by atoms with van der Waals surface area (Å²) in [4.78, 5) is 18.5. The lowest BCUT2D eigenvalue weighted by atomic mass is 10.1. The first-order chi connectivity index (χ1) is 11.7. The van der Waals surface area contributed by atoms with Crippen molar-refractivity contribution >= 4 is 11.8 Å². The predicted octanol–water partition coefficient (Wildman–Crippen LogP) is 2.97. The zero-order valence-electron chi connectivity index (χ0n) is 14.5. The third-order valence-corrected chi connectivity index (χ3v) is 3.89. The molecule has 0 radical (unpaired) electrons. The molecule has 0 aliphatic rings. The summed E-state index contributed by atoms with van der Waals surface area (Å²) < 4.78 is 0. The lowest BCUT2D eigenvalue weighted by Gasteiger charge is -2.20. The van der Waals surface area contributed by atoms with Crippen molar-refractivity contribution in [1.82, 2.24) is 15.6 Å². The van der Waals surface area contributed by atoms with Gasteiger partial charge >= 0.3 is 6.03 Å². The Morgan fingerprint density at radius 2 is 1.79 bits per heavy atom. The Morgan fingerprint density at radius 1 is 1.04 bits per heavy atom. The van der Waals surface area contributed by atoms with Gasteiger partial charge in [-0.1, -0.05) is 30.3 Å². The second kappa shape index (κ2) is 9.55. The average molecular weight is 326 g/mol. The van der Waals surface area contributed by atoms with Crippen molar-refractivity contribution in [2.45, 2.75) is 26.8 Å². The zero-order valence-corrected chi connectivity index (χ0v) is 14.5. The molecule has 5 heteroatoms. The van der Waals surface area contributed by atoms with Crippen LogP contribution in [0.1, 0.15) is 25.0 Å². The lowest BCUT2D eigenvalue weighted by Crippen LogP contribution is -2.36. The molecule has 5 nitrogen and oxygen atoms in total. The molecule has 0 saturated heterocycles. The molecule has 0 saturated carbocycles. The molecule has 2 amide bonds. The van der Waals surface area contributed by atoms with E-state index in [9.17, 15) is 4.79 Å². The highest BCUT2D eigenvalue weighted by Gasteiger charge is 2.05. The Hall–Kier alpha value is -2.56. The van der Waals surface area contributed by atoms with Gasteiger partial charge in [0, 0.05) is 32.4 Å². The monoisotopic (exact) mass is 326 g/mol. The standard InChI is InChI=1S/C19H26N4O/c1-3-23(4-2)18-14-17(11-12-20-18)15-22-19(24)21-13-10-16-8-6-5-7-9-16/h5-9,11-12,14H,3-4,10,13,15H2,1-2H3,(H2,21,22,24). The Kier molecular flexibility index (Phi) is 7.08. The SMILES string of the molecule is CCN(CC)c1cc(CNC(=O)NCCc2ccccc2)ccn1. The molecule has 2 aromatic rings. The van der Waals surface area contributed by atoms with Crippen LogP contribution in [-0.4, -0.2) is 30.6 Å². The Labute approximate surface area is 144 Å². The summed E-state index contributed by atoms with van der Waals surface area (Å²) >= 11 is 0. The smallest absolute Gasteiger partial charge is 0.315 e. The fourth-order valence-electron chi connectivity index (χ4n) is 2.50. The van der Waals surface area contributed by atoms with Crippen molar-refractivity contribution in [1.29, 1.82) is 0 Å². The maximum Gasteiger partial charge on any atom is 0.315 e. The number of amides is 2. The average Bonchev–Trinajstić information content (AvgIpc) is 2.62. The molecule has 128 valence electrons. The topological polar surface area (TPSA) is 57.3 Å². The highest BCUT2D eigenvalue weighted by Crippen LogP contribution is 2.12. The predicted molar refractivity (Wildman–Crippen MR) is 98.2 cm³/mol. The Balaban J connectivity index is 1.76. The van der Waals surface area contributed by atoms with Crippen LogP contribution >= 0.6 is 0 Å². The van der Waals surface area contributed by atoms with Crippen LogP contribution in [0.3, 0.4) is 0 Å². The van der Waals surface area contributed by atoms with E-state index < -0.39 is 0 Å². The molecule has 0 aliphatic heterocycles. The van der Waals surface area contributed by atoms with Gasteiger partial charge in [-0.2, -0.15) is 0 Å². The van der Waals surface area contributed by atoms with E-state index in [-0.39, 0.29) is 6.03 Å². The van der Waals surface area contributed by atoms with Gasteiger partial charge in [-0.3, -0.25) is 0 Å². The number of urea groups is 1. The lowest BCUT2D eigenvalue weighted by molar-refractivity contribution is 0.240. The maximum absolute atomic E-state index is 11.9. The first-order valence-corrected chi connectivity index (χ1v) is 8.48. The molecule has 0 unspecified atom stereocenters. The van der Waals surface area contributed by atoms with Crippen molar-refractivity contribution in [3.63, 3.8) is 0 Å². The molecule has 1 aromatic carbocycles. The van der Waals surface area contributed by atoms with Crippen molar-refractivity contribution in [3.8, 4) is 0 Å². The molecular weight excluding hydrogens is 300 g/mol. The summed E-state index contributed by atoms with van der Waals surface area (Å²) in [5.41, 5.74) is 2.26. The number of benzene rings is 1. The van der Waals surface area contributed by atoms with Gasteiger partial charge in [-0.05, 0) is 43.5 Å². The van der Waals surface area contributed by atoms with E-state index in [1.165, 1.54) is 5.56 Å². The van der Waals surface area contributed by atoms with Crippen molar-refractivity contribution in [2.24, 2.45) is 0 Å². The van der Waals surface area contributed by atoms with Gasteiger partial charge in [-0.15, -0.1) is 0 Å². The van der Waals surface area contributed by atoms with E-state index in [4.69, 9.17) is 0 Å². The number of hydrogen-bond donors (Lipinski definition) is 2. The van der Waals surface area contributed by atoms with Gasteiger partial charge in [0.25, 0.3) is 0 Å². The fourth-order valence-corrected chi connectivity index (χ4v) is 2.50. The Morgan fingerprint density at radius 3 is 2.50 bits per heavy atom. The van der Waals surface area contributed by atoms with Gasteiger partial charge in [0.2, 0.25) is 0 Å². The quantitative estimate of drug-likeness (QED) is 0.784. The summed E-state index contributed by atoms with van der Waals surface area (Å²) in [7, 11) is 0. The van der Waals surface area contributed by atoms with Crippen molar-refractivity contribution in [3.05, 3.63) is 59.8 Å². The zero-order chi connectivity index (χ0) is 17.2. The number of nitrogens with zero attached hydrogens (tertiary/aromatic N) is 2. The van der Waals surface area contributed by atoms with Gasteiger partial charge in [-0.25, -0.2) is 9.78 Å². The number of anilines is 1. The summed E-state index contributed by atoms with van der Waals surface area (Å²) in [6, 6.07) is 13.9. The minimum absolute atomic E-state index is 0.146. The van der Waals surface area contributed by atoms with Crippen LogP contribution < -0.4 is 15.5 Å². The molecule has 0 aliphatic carbocycles. The van der Waals surface area contributed by atoms with E-state index in [0.717, 1.165) is 30.9 Å². The van der Waals surface area contributed by atoms with E-state index in [1.54, 1.807) is 6.20 Å². The van der Waals surface area contributed by atoms with Crippen molar-refractivity contribution < 1.29 is 4.79 Å². The number of aromatic nitrogens is 1. The molecule has 1 heterocycles. The molecule has 0 spiro atoms. The molecule has 2 rings (SSSR count). The first-order valence-electron chi connectivity index (χ1n) is 8.48. The number of nitrogens with one attached hydrogen (secondary N) is 2. The molecule has 1 aromatic heterocycles. The minimum Gasteiger partial charge on any atom is -0.357 e. The number of carbonyl (C=O) groups excluding carboxylic acids is 1. The van der Waals surface area contributed by atoms with Gasteiger partial charge in [0.1, 0.15) is 5.82 Å². The first kappa shape index (κ1) is 17.8. The van der Waals surface area contributed by atoms with E-state index in [2.05, 4.69) is 46.5 Å². The van der Waals surface area contributed by atoms with E-state index in [0.29, 0.717) is 13.1 Å². The second-order valence-electron chi connectivity index (χ2n) is 5.54. The van der Waals surface area contributed by atoms with E-state index >= 15 is 0 Å². The van der Waals surface area contributed by atoms with Gasteiger partial charge in [0.05, 0.1) is 0 Å². The van der Waals surface area contributed by atoms with Crippen LogP contribution in [0.2, 0.25) is 0 Å². The Bertz CT molecular complexity index is 626. The summed E-state index contributed by atoms with van der Waals surface area (Å²) in [5, 5.41) is 5.78. The molecular formula is C19H26N4O. The number of rotatable bonds is 8. The normalized spacial score (nSPS) is 10.2. The number of pyridine rings is 1. The molecule has 2 N–H and O–H groups in total. The van der Waals surface area contributed by atoms with Crippen LogP contribution in [0.25, 0.3) is 0 Å². The van der Waals surface area contributed by atoms with Gasteiger partial charge in [0.15, 0.2) is 0 Å². The minimum atomic E-state index is -0.146. The van der Waals surface area contributed by atoms with Crippen LogP contribution in [0, 0.1) is 0 Å². The number of hydrogen-bond acceptors (Lipinski definition) is 3. The van der Waals surface area contributed by atoms with Gasteiger partial charge < -0.3 is 15.5 Å². The highest BCUT2D eigenvalue weighted by molar-refractivity contribution is 5.73. The summed E-state index contributed by atoms with van der Waals surface area (Å²) in [6.45, 7) is 7.16. The third-order valence-electron chi connectivity index (χ3n) is 3.89. The fraction of sp³-hybridized carbons (Fsp3) is 0.368. The number of carbonyl (C=O) groups is 1. The molecule has 24 heavy (non-hydrogen) atoms. The molecule has 0 fully saturated rings. The van der Waals surface area contributed by atoms with Crippen LogP contribution in [0.4, 0.5) is 10.6 Å². The molecule has 0 atom stereocenters. The van der Waals surface area contributed by atoms with Crippen LogP contribution in [0.5, 0.6) is 0 Å². The summed E-state index contributed by atoms with van der Waals surface area (Å²) in [5.74, 6) is 0.948. The summed E-state index contributed by atoms with van der Waals surface area (Å²) in [6.07, 6.45) is 2.62.